The van der Waals surface area contributed by atoms with Crippen molar-refractivity contribution in [2.45, 2.75) is 19.9 Å². The molecule has 0 saturated carbocycles. The number of para-hydroxylation sites is 1. The first kappa shape index (κ1) is 15.9. The van der Waals surface area contributed by atoms with Gasteiger partial charge >= 0.3 is 5.97 Å². The first-order valence-electron chi connectivity index (χ1n) is 7.86. The maximum Gasteiger partial charge on any atom is 0.329 e. The van der Waals surface area contributed by atoms with Crippen LogP contribution < -0.4 is 5.56 Å². The lowest BCUT2D eigenvalue weighted by Gasteiger charge is -2.18. The Kier molecular flexibility index (Phi) is 4.42. The van der Waals surface area contributed by atoms with Crippen molar-refractivity contribution in [1.29, 1.82) is 0 Å². The number of esters is 1. The van der Waals surface area contributed by atoms with E-state index in [1.807, 2.05) is 36.4 Å². The van der Waals surface area contributed by atoms with E-state index in [1.165, 1.54) is 4.57 Å². The summed E-state index contributed by atoms with van der Waals surface area (Å²) in [6.07, 6.45) is 0. The average Bonchev–Trinajstić information content (AvgIpc) is 2.62. The molecule has 0 aliphatic carbocycles. The van der Waals surface area contributed by atoms with Crippen molar-refractivity contribution in [3.63, 3.8) is 0 Å². The highest BCUT2D eigenvalue weighted by molar-refractivity contribution is 5.81. The number of carbonyl (C=O) groups excluding carboxylic acids is 1. The third kappa shape index (κ3) is 2.80. The molecule has 3 aromatic rings. The molecule has 0 fully saturated rings. The van der Waals surface area contributed by atoms with Gasteiger partial charge < -0.3 is 4.74 Å². The fraction of sp³-hybridized carbons (Fsp3) is 0.211. The molecule has 5 nitrogen and oxygen atoms in total. The Bertz CT molecular complexity index is 932. The van der Waals surface area contributed by atoms with Crippen molar-refractivity contribution in [2.24, 2.45) is 0 Å². The van der Waals surface area contributed by atoms with Gasteiger partial charge in [-0.25, -0.2) is 9.78 Å². The minimum atomic E-state index is -0.759. The van der Waals surface area contributed by atoms with Crippen LogP contribution in [0.2, 0.25) is 0 Å². The summed E-state index contributed by atoms with van der Waals surface area (Å²) in [5.41, 5.74) is 1.13. The van der Waals surface area contributed by atoms with Gasteiger partial charge in [-0.05, 0) is 26.0 Å². The topological polar surface area (TPSA) is 61.2 Å². The summed E-state index contributed by atoms with van der Waals surface area (Å²) in [5, 5.41) is 0.480. The Hall–Kier alpha value is -2.95. The Balaban J connectivity index is 2.30. The minimum absolute atomic E-state index is 0.250. The van der Waals surface area contributed by atoms with Crippen LogP contribution in [-0.2, 0) is 9.53 Å². The highest BCUT2D eigenvalue weighted by Gasteiger charge is 2.23. The van der Waals surface area contributed by atoms with Gasteiger partial charge in [0.1, 0.15) is 11.9 Å². The SMILES string of the molecule is CCOC(=O)C(C)n1c(-c2ccccc2)nc2ccccc2c1=O. The molecule has 2 aromatic carbocycles. The second-order valence-corrected chi connectivity index (χ2v) is 5.42. The highest BCUT2D eigenvalue weighted by atomic mass is 16.5. The molecule has 122 valence electrons. The Labute approximate surface area is 139 Å². The van der Waals surface area contributed by atoms with Crippen LogP contribution in [0.25, 0.3) is 22.3 Å². The van der Waals surface area contributed by atoms with E-state index in [4.69, 9.17) is 4.74 Å². The second kappa shape index (κ2) is 6.66. The summed E-state index contributed by atoms with van der Waals surface area (Å²) >= 11 is 0. The maximum atomic E-state index is 13.0. The van der Waals surface area contributed by atoms with Crippen LogP contribution in [0.15, 0.2) is 59.4 Å². The second-order valence-electron chi connectivity index (χ2n) is 5.42. The summed E-state index contributed by atoms with van der Waals surface area (Å²) in [4.78, 5) is 29.8. The van der Waals surface area contributed by atoms with Gasteiger partial charge in [-0.15, -0.1) is 0 Å². The monoisotopic (exact) mass is 322 g/mol. The first-order valence-corrected chi connectivity index (χ1v) is 7.86. The Morgan fingerprint density at radius 2 is 1.79 bits per heavy atom. The van der Waals surface area contributed by atoms with Crippen LogP contribution >= 0.6 is 0 Å². The van der Waals surface area contributed by atoms with Crippen molar-refractivity contribution in [1.82, 2.24) is 9.55 Å². The van der Waals surface area contributed by atoms with E-state index in [1.54, 1.807) is 32.0 Å². The molecule has 0 aliphatic heterocycles. The van der Waals surface area contributed by atoms with E-state index in [-0.39, 0.29) is 12.2 Å². The molecule has 1 unspecified atom stereocenters. The summed E-state index contributed by atoms with van der Waals surface area (Å²) in [6.45, 7) is 3.66. The standard InChI is InChI=1S/C19H18N2O3/c1-3-24-19(23)13(2)21-17(14-9-5-4-6-10-14)20-16-12-8-7-11-15(16)18(21)22/h4-13H,3H2,1-2H3. The number of nitrogens with zero attached hydrogens (tertiary/aromatic N) is 2. The van der Waals surface area contributed by atoms with Gasteiger partial charge in [-0.1, -0.05) is 42.5 Å². The molecule has 0 N–H and O–H groups in total. The summed E-state index contributed by atoms with van der Waals surface area (Å²) in [5.74, 6) is 0.00807. The lowest BCUT2D eigenvalue weighted by Crippen LogP contribution is -2.31. The smallest absolute Gasteiger partial charge is 0.329 e. The average molecular weight is 322 g/mol. The summed E-state index contributed by atoms with van der Waals surface area (Å²) < 4.78 is 6.50. The van der Waals surface area contributed by atoms with Gasteiger partial charge in [0.05, 0.1) is 17.5 Å². The molecule has 0 spiro atoms. The van der Waals surface area contributed by atoms with Gasteiger partial charge in [0.2, 0.25) is 0 Å². The van der Waals surface area contributed by atoms with Crippen LogP contribution in [0.1, 0.15) is 19.9 Å². The van der Waals surface area contributed by atoms with Crippen molar-refractivity contribution in [2.75, 3.05) is 6.61 Å². The van der Waals surface area contributed by atoms with E-state index in [0.717, 1.165) is 5.56 Å². The number of rotatable bonds is 4. The first-order chi connectivity index (χ1) is 11.6. The molecular formula is C19H18N2O3. The predicted octanol–water partition coefficient (Wildman–Crippen LogP) is 3.19. The predicted molar refractivity (Wildman–Crippen MR) is 92.8 cm³/mol. The zero-order valence-electron chi connectivity index (χ0n) is 13.6. The number of fused-ring (bicyclic) bond motifs is 1. The van der Waals surface area contributed by atoms with Crippen molar-refractivity contribution in [3.05, 3.63) is 65.0 Å². The van der Waals surface area contributed by atoms with Crippen LogP contribution in [0.5, 0.6) is 0 Å². The fourth-order valence-corrected chi connectivity index (χ4v) is 2.66. The van der Waals surface area contributed by atoms with Crippen molar-refractivity contribution >= 4 is 16.9 Å². The van der Waals surface area contributed by atoms with Gasteiger partial charge in [-0.2, -0.15) is 0 Å². The number of carbonyl (C=O) groups is 1. The molecule has 0 bridgehead atoms. The molecule has 3 rings (SSSR count). The molecule has 1 aromatic heterocycles. The normalized spacial score (nSPS) is 12.1. The highest BCUT2D eigenvalue weighted by Crippen LogP contribution is 2.22. The van der Waals surface area contributed by atoms with Gasteiger partial charge in [-0.3, -0.25) is 9.36 Å². The molecule has 0 saturated heterocycles. The molecule has 0 aliphatic rings. The van der Waals surface area contributed by atoms with Crippen LogP contribution in [-0.4, -0.2) is 22.1 Å². The number of aromatic nitrogens is 2. The molecule has 24 heavy (non-hydrogen) atoms. The summed E-state index contributed by atoms with van der Waals surface area (Å²) in [7, 11) is 0. The molecule has 1 heterocycles. The lowest BCUT2D eigenvalue weighted by atomic mass is 10.1. The third-order valence-corrected chi connectivity index (χ3v) is 3.85. The Morgan fingerprint density at radius 3 is 2.50 bits per heavy atom. The van der Waals surface area contributed by atoms with Gasteiger partial charge in [0.15, 0.2) is 0 Å². The maximum absolute atomic E-state index is 13.0. The minimum Gasteiger partial charge on any atom is -0.464 e. The molecule has 0 amide bonds. The summed E-state index contributed by atoms with van der Waals surface area (Å²) in [6, 6.07) is 15.7. The van der Waals surface area contributed by atoms with E-state index in [9.17, 15) is 9.59 Å². The van der Waals surface area contributed by atoms with E-state index >= 15 is 0 Å². The van der Waals surface area contributed by atoms with Crippen molar-refractivity contribution < 1.29 is 9.53 Å². The number of hydrogen-bond acceptors (Lipinski definition) is 4. The zero-order chi connectivity index (χ0) is 17.1. The third-order valence-electron chi connectivity index (χ3n) is 3.85. The van der Waals surface area contributed by atoms with E-state index < -0.39 is 12.0 Å². The Morgan fingerprint density at radius 1 is 1.12 bits per heavy atom. The molecule has 1 atom stereocenters. The zero-order valence-corrected chi connectivity index (χ0v) is 13.6. The number of benzene rings is 2. The van der Waals surface area contributed by atoms with Crippen LogP contribution in [0.3, 0.4) is 0 Å². The van der Waals surface area contributed by atoms with E-state index in [0.29, 0.717) is 16.7 Å². The molecule has 5 heteroatoms. The van der Waals surface area contributed by atoms with Crippen LogP contribution in [0, 0.1) is 0 Å². The van der Waals surface area contributed by atoms with Gasteiger partial charge in [0, 0.05) is 5.56 Å². The van der Waals surface area contributed by atoms with Gasteiger partial charge in [0.25, 0.3) is 5.56 Å². The molecule has 0 radical (unpaired) electrons. The number of ether oxygens (including phenoxy) is 1. The largest absolute Gasteiger partial charge is 0.464 e. The molecular weight excluding hydrogens is 304 g/mol. The van der Waals surface area contributed by atoms with Crippen LogP contribution in [0.4, 0.5) is 0 Å². The van der Waals surface area contributed by atoms with E-state index in [2.05, 4.69) is 4.98 Å². The lowest BCUT2D eigenvalue weighted by molar-refractivity contribution is -0.146. The quantitative estimate of drug-likeness (QED) is 0.692. The fourth-order valence-electron chi connectivity index (χ4n) is 2.66. The van der Waals surface area contributed by atoms with Crippen molar-refractivity contribution in [3.8, 4) is 11.4 Å². The number of hydrogen-bond donors (Lipinski definition) is 0.